The van der Waals surface area contributed by atoms with Gasteiger partial charge in [0.1, 0.15) is 5.54 Å². The maximum absolute atomic E-state index is 3.95. The molecule has 4 heteroatoms. The Balaban J connectivity index is 2.40. The lowest BCUT2D eigenvalue weighted by Crippen LogP contribution is -2.35. The maximum Gasteiger partial charge on any atom is 0.101 e. The van der Waals surface area contributed by atoms with Crippen molar-refractivity contribution >= 4 is 15.9 Å². The Hall–Kier alpha value is -0.900. The Labute approximate surface area is 85.4 Å². The van der Waals surface area contributed by atoms with Crippen LogP contribution in [0.5, 0.6) is 0 Å². The van der Waals surface area contributed by atoms with Crippen molar-refractivity contribution in [2.24, 2.45) is 10.3 Å². The van der Waals surface area contributed by atoms with Crippen LogP contribution in [0.4, 0.5) is 0 Å². The van der Waals surface area contributed by atoms with Gasteiger partial charge in [-0.05, 0) is 18.6 Å². The zero-order valence-electron chi connectivity index (χ0n) is 7.29. The fourth-order valence-corrected chi connectivity index (χ4v) is 2.13. The molecule has 0 aromatic heterocycles. The van der Waals surface area contributed by atoms with E-state index in [1.54, 1.807) is 0 Å². The highest BCUT2D eigenvalue weighted by Crippen LogP contribution is 2.30. The summed E-state index contributed by atoms with van der Waals surface area (Å²) in [5.74, 6) is 0. The van der Waals surface area contributed by atoms with Crippen molar-refractivity contribution in [1.29, 1.82) is 0 Å². The summed E-state index contributed by atoms with van der Waals surface area (Å²) >= 11 is 3.52. The summed E-state index contributed by atoms with van der Waals surface area (Å²) in [6.07, 6.45) is 0. The summed E-state index contributed by atoms with van der Waals surface area (Å²) in [7, 11) is 0. The van der Waals surface area contributed by atoms with Gasteiger partial charge in [0.2, 0.25) is 0 Å². The van der Waals surface area contributed by atoms with Crippen molar-refractivity contribution in [3.05, 3.63) is 34.3 Å². The number of rotatable bonds is 1. The highest BCUT2D eigenvalue weighted by molar-refractivity contribution is 9.10. The highest BCUT2D eigenvalue weighted by atomic mass is 79.9. The van der Waals surface area contributed by atoms with E-state index in [2.05, 4.69) is 44.7 Å². The van der Waals surface area contributed by atoms with Gasteiger partial charge in [-0.15, -0.1) is 0 Å². The van der Waals surface area contributed by atoms with E-state index in [4.69, 9.17) is 0 Å². The molecule has 0 saturated carbocycles. The van der Waals surface area contributed by atoms with Gasteiger partial charge in [0.15, 0.2) is 0 Å². The van der Waals surface area contributed by atoms with Crippen molar-refractivity contribution in [2.75, 3.05) is 6.54 Å². The minimum absolute atomic E-state index is 0.153. The van der Waals surface area contributed by atoms with Crippen molar-refractivity contribution in [2.45, 2.75) is 12.5 Å². The van der Waals surface area contributed by atoms with E-state index in [0.717, 1.165) is 4.47 Å². The van der Waals surface area contributed by atoms with Gasteiger partial charge in [-0.2, -0.15) is 5.11 Å². The van der Waals surface area contributed by atoms with Crippen molar-refractivity contribution in [1.82, 2.24) is 5.43 Å². The quantitative estimate of drug-likeness (QED) is 0.804. The molecule has 0 saturated heterocycles. The van der Waals surface area contributed by atoms with Gasteiger partial charge in [0, 0.05) is 4.47 Å². The molecule has 13 heavy (non-hydrogen) atoms. The first kappa shape index (κ1) is 8.69. The molecule has 0 amide bonds. The van der Waals surface area contributed by atoms with Crippen LogP contribution in [0.2, 0.25) is 0 Å². The molecule has 1 N–H and O–H groups in total. The first-order valence-corrected chi connectivity index (χ1v) is 4.90. The number of hydrogen-bond donors (Lipinski definition) is 1. The van der Waals surface area contributed by atoms with E-state index in [0.29, 0.717) is 6.54 Å². The smallest absolute Gasteiger partial charge is 0.101 e. The number of halogens is 1. The average molecular weight is 240 g/mol. The molecule has 3 nitrogen and oxygen atoms in total. The molecule has 1 aliphatic rings. The topological polar surface area (TPSA) is 36.8 Å². The van der Waals surface area contributed by atoms with Crippen LogP contribution in [0.3, 0.4) is 0 Å². The third kappa shape index (κ3) is 1.46. The summed E-state index contributed by atoms with van der Waals surface area (Å²) in [6, 6.07) is 8.12. The van der Waals surface area contributed by atoms with Crippen LogP contribution in [0.25, 0.3) is 0 Å². The summed E-state index contributed by atoms with van der Waals surface area (Å²) < 4.78 is 1.09. The zero-order valence-corrected chi connectivity index (χ0v) is 8.87. The van der Waals surface area contributed by atoms with E-state index in [9.17, 15) is 0 Å². The fraction of sp³-hybridized carbons (Fsp3) is 0.333. The van der Waals surface area contributed by atoms with E-state index >= 15 is 0 Å². The van der Waals surface area contributed by atoms with Crippen LogP contribution in [-0.4, -0.2) is 6.54 Å². The minimum atomic E-state index is -0.153. The lowest BCUT2D eigenvalue weighted by molar-refractivity contribution is 0.439. The van der Waals surface area contributed by atoms with E-state index in [-0.39, 0.29) is 5.54 Å². The Morgan fingerprint density at radius 1 is 1.46 bits per heavy atom. The molecule has 1 heterocycles. The summed E-state index contributed by atoms with van der Waals surface area (Å²) in [5, 5.41) is 7.76. The van der Waals surface area contributed by atoms with Crippen LogP contribution < -0.4 is 5.43 Å². The van der Waals surface area contributed by atoms with E-state index in [1.165, 1.54) is 5.56 Å². The predicted octanol–water partition coefficient (Wildman–Crippen LogP) is 2.63. The molecule has 2 rings (SSSR count). The molecule has 0 radical (unpaired) electrons. The molecule has 1 atom stereocenters. The Morgan fingerprint density at radius 2 is 2.23 bits per heavy atom. The molecule has 68 valence electrons. The molecule has 0 fully saturated rings. The lowest BCUT2D eigenvalue weighted by Gasteiger charge is -2.23. The van der Waals surface area contributed by atoms with Crippen molar-refractivity contribution < 1.29 is 0 Å². The monoisotopic (exact) mass is 239 g/mol. The fourth-order valence-electron chi connectivity index (χ4n) is 1.41. The van der Waals surface area contributed by atoms with Crippen LogP contribution in [0.15, 0.2) is 39.1 Å². The Morgan fingerprint density at radius 3 is 2.85 bits per heavy atom. The molecular formula is C9H10BrN3. The van der Waals surface area contributed by atoms with Gasteiger partial charge < -0.3 is 0 Å². The van der Waals surface area contributed by atoms with Crippen molar-refractivity contribution in [3.63, 3.8) is 0 Å². The average Bonchev–Trinajstić information content (AvgIpc) is 2.54. The molecule has 1 aromatic carbocycles. The summed E-state index contributed by atoms with van der Waals surface area (Å²) in [5.41, 5.74) is 4.06. The zero-order chi connectivity index (χ0) is 9.31. The molecule has 0 spiro atoms. The lowest BCUT2D eigenvalue weighted by atomic mass is 9.93. The molecule has 1 unspecified atom stereocenters. The van der Waals surface area contributed by atoms with Crippen LogP contribution >= 0.6 is 15.9 Å². The predicted molar refractivity (Wildman–Crippen MR) is 54.4 cm³/mol. The molecule has 1 aromatic rings. The largest absolute Gasteiger partial charge is 0.280 e. The summed E-state index contributed by atoms with van der Waals surface area (Å²) in [6.45, 7) is 2.78. The van der Waals surface area contributed by atoms with Gasteiger partial charge in [-0.3, -0.25) is 5.43 Å². The van der Waals surface area contributed by atoms with E-state index < -0.39 is 0 Å². The molecular weight excluding hydrogens is 230 g/mol. The number of hydrogen-bond acceptors (Lipinski definition) is 3. The van der Waals surface area contributed by atoms with Crippen molar-refractivity contribution in [3.8, 4) is 0 Å². The van der Waals surface area contributed by atoms with Gasteiger partial charge in [-0.25, -0.2) is 0 Å². The second-order valence-electron chi connectivity index (χ2n) is 3.32. The van der Waals surface area contributed by atoms with Crippen LogP contribution in [0.1, 0.15) is 12.5 Å². The third-order valence-corrected chi connectivity index (χ3v) is 2.91. The van der Waals surface area contributed by atoms with Gasteiger partial charge >= 0.3 is 0 Å². The SMILES string of the molecule is CC1(c2ccccc2Br)CN=NN1. The standard InChI is InChI=1S/C9H10BrN3/c1-9(6-11-13-12-9)7-4-2-3-5-8(7)10/h2-5H,6H2,1H3,(H,11,12). The number of benzene rings is 1. The first-order valence-electron chi connectivity index (χ1n) is 4.11. The maximum atomic E-state index is 3.95. The normalized spacial score (nSPS) is 26.0. The molecule has 1 aliphatic heterocycles. The Bertz CT molecular complexity index is 340. The van der Waals surface area contributed by atoms with Gasteiger partial charge in [0.25, 0.3) is 0 Å². The van der Waals surface area contributed by atoms with Gasteiger partial charge in [-0.1, -0.05) is 39.4 Å². The second kappa shape index (κ2) is 3.10. The van der Waals surface area contributed by atoms with Gasteiger partial charge in [0.05, 0.1) is 6.54 Å². The Kier molecular flexibility index (Phi) is 2.07. The number of nitrogens with zero attached hydrogens (tertiary/aromatic N) is 2. The first-order chi connectivity index (χ1) is 6.22. The molecule has 0 bridgehead atoms. The number of nitrogens with one attached hydrogen (secondary N) is 1. The van der Waals surface area contributed by atoms with E-state index in [1.807, 2.05) is 18.2 Å². The molecule has 0 aliphatic carbocycles. The van der Waals surface area contributed by atoms with Crippen LogP contribution in [0, 0.1) is 0 Å². The third-order valence-electron chi connectivity index (χ3n) is 2.22. The minimum Gasteiger partial charge on any atom is -0.280 e. The van der Waals surface area contributed by atoms with Crippen LogP contribution in [-0.2, 0) is 5.54 Å². The highest BCUT2D eigenvalue weighted by Gasteiger charge is 2.31. The second-order valence-corrected chi connectivity index (χ2v) is 4.18. The summed E-state index contributed by atoms with van der Waals surface area (Å²) in [4.78, 5) is 0.